The maximum atomic E-state index is 12.2. The lowest BCUT2D eigenvalue weighted by Gasteiger charge is -2.25. The largest absolute Gasteiger partial charge is 0.363 e. The van der Waals surface area contributed by atoms with Crippen LogP contribution in [0.5, 0.6) is 0 Å². The Kier molecular flexibility index (Phi) is 3.96. The van der Waals surface area contributed by atoms with Gasteiger partial charge in [0.2, 0.25) is 10.0 Å². The first-order valence-electron chi connectivity index (χ1n) is 6.29. The van der Waals surface area contributed by atoms with Gasteiger partial charge in [-0.3, -0.25) is 0 Å². The van der Waals surface area contributed by atoms with E-state index in [0.717, 1.165) is 11.8 Å². The first-order chi connectivity index (χ1) is 9.33. The molecule has 0 spiro atoms. The van der Waals surface area contributed by atoms with Gasteiger partial charge in [0.15, 0.2) is 0 Å². The van der Waals surface area contributed by atoms with E-state index in [1.807, 2.05) is 44.2 Å². The Morgan fingerprint density at radius 2 is 1.90 bits per heavy atom. The van der Waals surface area contributed by atoms with E-state index in [9.17, 15) is 8.42 Å². The number of nitrogens with one attached hydrogen (secondary N) is 1. The molecule has 0 atom stereocenters. The predicted octanol–water partition coefficient (Wildman–Crippen LogP) is 2.24. The van der Waals surface area contributed by atoms with Crippen molar-refractivity contribution in [3.8, 4) is 0 Å². The summed E-state index contributed by atoms with van der Waals surface area (Å²) < 4.78 is 31.7. The monoisotopic (exact) mass is 294 g/mol. The Balaban J connectivity index is 2.15. The Bertz CT molecular complexity index is 675. The molecule has 2 rings (SSSR count). The van der Waals surface area contributed by atoms with Gasteiger partial charge in [-0.05, 0) is 12.5 Å². The second kappa shape index (κ2) is 5.38. The van der Waals surface area contributed by atoms with Crippen molar-refractivity contribution in [3.63, 3.8) is 0 Å². The Morgan fingerprint density at radius 3 is 2.45 bits per heavy atom. The molecule has 0 saturated heterocycles. The van der Waals surface area contributed by atoms with Gasteiger partial charge in [0.1, 0.15) is 16.9 Å². The molecule has 5 nitrogen and oxygen atoms in total. The zero-order valence-electron chi connectivity index (χ0n) is 11.8. The predicted molar refractivity (Wildman–Crippen MR) is 75.9 cm³/mol. The summed E-state index contributed by atoms with van der Waals surface area (Å²) in [6, 6.07) is 9.79. The molecule has 108 valence electrons. The number of hydrogen-bond donors (Lipinski definition) is 1. The van der Waals surface area contributed by atoms with Crippen LogP contribution in [-0.2, 0) is 15.4 Å². The summed E-state index contributed by atoms with van der Waals surface area (Å²) in [5, 5.41) is 3.59. The van der Waals surface area contributed by atoms with Gasteiger partial charge in [-0.1, -0.05) is 49.3 Å². The van der Waals surface area contributed by atoms with E-state index < -0.39 is 10.0 Å². The molecule has 0 radical (unpaired) electrons. The second-order valence-electron chi connectivity index (χ2n) is 5.34. The van der Waals surface area contributed by atoms with Crippen LogP contribution in [-0.4, -0.2) is 20.1 Å². The fourth-order valence-corrected chi connectivity index (χ4v) is 3.19. The third-order valence-corrected chi connectivity index (χ3v) is 4.75. The van der Waals surface area contributed by atoms with E-state index in [1.54, 1.807) is 6.92 Å². The van der Waals surface area contributed by atoms with Crippen molar-refractivity contribution in [3.05, 3.63) is 47.9 Å². The number of nitrogens with zero attached hydrogens (tertiary/aromatic N) is 1. The molecule has 0 saturated carbocycles. The number of hydrogen-bond acceptors (Lipinski definition) is 4. The lowest BCUT2D eigenvalue weighted by molar-refractivity contribution is 0.413. The minimum absolute atomic E-state index is 0.0846. The van der Waals surface area contributed by atoms with Crippen LogP contribution in [0.25, 0.3) is 0 Å². The van der Waals surface area contributed by atoms with Crippen molar-refractivity contribution < 1.29 is 12.9 Å². The van der Waals surface area contributed by atoms with Gasteiger partial charge in [-0.15, -0.1) is 0 Å². The quantitative estimate of drug-likeness (QED) is 0.918. The van der Waals surface area contributed by atoms with Crippen molar-refractivity contribution in [1.82, 2.24) is 9.88 Å². The smallest absolute Gasteiger partial charge is 0.245 e. The number of sulfonamides is 1. The molecule has 0 aliphatic heterocycles. The highest BCUT2D eigenvalue weighted by Crippen LogP contribution is 2.23. The lowest BCUT2D eigenvalue weighted by Crippen LogP contribution is -2.36. The van der Waals surface area contributed by atoms with E-state index in [-0.39, 0.29) is 10.3 Å². The highest BCUT2D eigenvalue weighted by molar-refractivity contribution is 7.89. The topological polar surface area (TPSA) is 72.2 Å². The molecule has 0 bridgehead atoms. The molecule has 0 aliphatic carbocycles. The average Bonchev–Trinajstić information content (AvgIpc) is 2.85. The maximum absolute atomic E-state index is 12.2. The zero-order valence-corrected chi connectivity index (χ0v) is 12.6. The molecular weight excluding hydrogens is 276 g/mol. The minimum atomic E-state index is -3.60. The third-order valence-electron chi connectivity index (χ3n) is 3.25. The van der Waals surface area contributed by atoms with Crippen LogP contribution >= 0.6 is 0 Å². The van der Waals surface area contributed by atoms with Crippen LogP contribution in [0, 0.1) is 6.92 Å². The molecule has 6 heteroatoms. The highest BCUT2D eigenvalue weighted by Gasteiger charge is 2.26. The second-order valence-corrected chi connectivity index (χ2v) is 7.07. The summed E-state index contributed by atoms with van der Waals surface area (Å²) in [4.78, 5) is 0.0846. The van der Waals surface area contributed by atoms with Gasteiger partial charge in [-0.25, -0.2) is 13.1 Å². The van der Waals surface area contributed by atoms with Crippen molar-refractivity contribution in [1.29, 1.82) is 0 Å². The molecule has 1 aromatic heterocycles. The van der Waals surface area contributed by atoms with E-state index in [2.05, 4.69) is 14.4 Å². The molecule has 0 amide bonds. The Morgan fingerprint density at radius 1 is 1.25 bits per heavy atom. The van der Waals surface area contributed by atoms with Crippen LogP contribution in [0.2, 0.25) is 0 Å². The maximum Gasteiger partial charge on any atom is 0.245 e. The van der Waals surface area contributed by atoms with Crippen LogP contribution in [0.1, 0.15) is 25.1 Å². The number of aryl methyl sites for hydroxylation is 1. The number of aromatic nitrogens is 1. The fraction of sp³-hybridized carbons (Fsp3) is 0.357. The van der Waals surface area contributed by atoms with Gasteiger partial charge >= 0.3 is 0 Å². The first-order valence-corrected chi connectivity index (χ1v) is 7.77. The van der Waals surface area contributed by atoms with E-state index in [1.165, 1.54) is 0 Å². The van der Waals surface area contributed by atoms with Gasteiger partial charge in [-0.2, -0.15) is 0 Å². The highest BCUT2D eigenvalue weighted by atomic mass is 32.2. The Labute approximate surface area is 119 Å². The average molecular weight is 294 g/mol. The van der Waals surface area contributed by atoms with E-state index in [0.29, 0.717) is 12.2 Å². The van der Waals surface area contributed by atoms with Crippen molar-refractivity contribution >= 4 is 10.0 Å². The minimum Gasteiger partial charge on any atom is -0.363 e. The standard InChI is InChI=1S/C14H18N2O3S/c1-11-13(9-19-16-11)20(17,18)15-10-14(2,3)12-7-5-4-6-8-12/h4-9,15H,10H2,1-3H3. The summed E-state index contributed by atoms with van der Waals surface area (Å²) in [5.41, 5.74) is 1.12. The van der Waals surface area contributed by atoms with Crippen LogP contribution < -0.4 is 4.72 Å². The molecule has 2 aromatic rings. The third kappa shape index (κ3) is 3.08. The van der Waals surface area contributed by atoms with Crippen LogP contribution in [0.4, 0.5) is 0 Å². The van der Waals surface area contributed by atoms with E-state index >= 15 is 0 Å². The van der Waals surface area contributed by atoms with Crippen molar-refractivity contribution in [2.24, 2.45) is 0 Å². The van der Waals surface area contributed by atoms with Crippen molar-refractivity contribution in [2.45, 2.75) is 31.1 Å². The molecule has 20 heavy (non-hydrogen) atoms. The van der Waals surface area contributed by atoms with Crippen LogP contribution in [0.15, 0.2) is 46.0 Å². The van der Waals surface area contributed by atoms with E-state index in [4.69, 9.17) is 0 Å². The number of rotatable bonds is 5. The molecule has 0 fully saturated rings. The van der Waals surface area contributed by atoms with Crippen LogP contribution in [0.3, 0.4) is 0 Å². The van der Waals surface area contributed by atoms with Crippen molar-refractivity contribution in [2.75, 3.05) is 6.54 Å². The van der Waals surface area contributed by atoms with Gasteiger partial charge in [0.05, 0.1) is 0 Å². The zero-order chi connectivity index (χ0) is 14.8. The molecule has 0 aliphatic rings. The number of benzene rings is 1. The first kappa shape index (κ1) is 14.7. The Hall–Kier alpha value is -1.66. The summed E-state index contributed by atoms with van der Waals surface area (Å²) in [5.74, 6) is 0. The molecule has 1 aromatic carbocycles. The molecular formula is C14H18N2O3S. The van der Waals surface area contributed by atoms with Gasteiger partial charge in [0, 0.05) is 12.0 Å². The lowest BCUT2D eigenvalue weighted by atomic mass is 9.85. The molecule has 0 unspecified atom stereocenters. The normalized spacial score (nSPS) is 12.6. The molecule has 1 N–H and O–H groups in total. The summed E-state index contributed by atoms with van der Waals surface area (Å²) in [6.07, 6.45) is 1.15. The van der Waals surface area contributed by atoms with Gasteiger partial charge in [0.25, 0.3) is 0 Å². The summed E-state index contributed by atoms with van der Waals surface area (Å²) >= 11 is 0. The SMILES string of the molecule is Cc1nocc1S(=O)(=O)NCC(C)(C)c1ccccc1. The summed E-state index contributed by atoms with van der Waals surface area (Å²) in [6.45, 7) is 5.88. The van der Waals surface area contributed by atoms with Gasteiger partial charge < -0.3 is 4.52 Å². The summed E-state index contributed by atoms with van der Waals surface area (Å²) in [7, 11) is -3.60. The fourth-order valence-electron chi connectivity index (χ4n) is 1.89. The molecule has 1 heterocycles.